The Hall–Kier alpha value is -1.56. The van der Waals surface area contributed by atoms with Crippen LogP contribution in [0, 0.1) is 11.3 Å². The first-order valence-corrected chi connectivity index (χ1v) is 6.43. The molecule has 0 N–H and O–H groups in total. The van der Waals surface area contributed by atoms with Gasteiger partial charge in [-0.25, -0.2) is 4.98 Å². The average Bonchev–Trinajstić information content (AvgIpc) is 2.39. The van der Waals surface area contributed by atoms with Crippen LogP contribution in [0.1, 0.15) is 45.1 Å². The van der Waals surface area contributed by atoms with E-state index in [1.165, 1.54) is 25.7 Å². The molecule has 1 heterocycles. The van der Waals surface area contributed by atoms with Gasteiger partial charge in [-0.05, 0) is 25.0 Å². The molecule has 0 amide bonds. The molecule has 0 fully saturated rings. The summed E-state index contributed by atoms with van der Waals surface area (Å²) in [6.45, 7) is 6.44. The molecule has 0 unspecified atom stereocenters. The molecule has 1 aromatic heterocycles. The minimum atomic E-state index is 0.688. The van der Waals surface area contributed by atoms with Gasteiger partial charge in [0.05, 0.1) is 11.6 Å². The van der Waals surface area contributed by atoms with Gasteiger partial charge in [-0.2, -0.15) is 5.26 Å². The molecule has 0 aliphatic carbocycles. The van der Waals surface area contributed by atoms with Crippen molar-refractivity contribution in [2.24, 2.45) is 0 Å². The fourth-order valence-corrected chi connectivity index (χ4v) is 1.70. The summed E-state index contributed by atoms with van der Waals surface area (Å²) in [7, 11) is 0. The van der Waals surface area contributed by atoms with Gasteiger partial charge in [-0.3, -0.25) is 0 Å². The second-order valence-electron chi connectivity index (χ2n) is 4.21. The summed E-state index contributed by atoms with van der Waals surface area (Å²) < 4.78 is 0. The molecule has 0 saturated heterocycles. The Morgan fingerprint density at radius 2 is 1.88 bits per heavy atom. The lowest BCUT2D eigenvalue weighted by Crippen LogP contribution is -2.26. The highest BCUT2D eigenvalue weighted by molar-refractivity contribution is 5.44. The first-order valence-electron chi connectivity index (χ1n) is 6.43. The number of nitriles is 1. The van der Waals surface area contributed by atoms with Crippen molar-refractivity contribution >= 4 is 5.82 Å². The minimum absolute atomic E-state index is 0.688. The van der Waals surface area contributed by atoms with Gasteiger partial charge in [0.25, 0.3) is 0 Å². The Labute approximate surface area is 104 Å². The number of rotatable bonds is 7. The number of hydrogen-bond acceptors (Lipinski definition) is 3. The van der Waals surface area contributed by atoms with Crippen molar-refractivity contribution in [1.29, 1.82) is 5.26 Å². The summed E-state index contributed by atoms with van der Waals surface area (Å²) in [5.74, 6) is 0.936. The van der Waals surface area contributed by atoms with Gasteiger partial charge in [-0.15, -0.1) is 0 Å². The zero-order valence-corrected chi connectivity index (χ0v) is 10.8. The van der Waals surface area contributed by atoms with Gasteiger partial charge in [0.15, 0.2) is 0 Å². The lowest BCUT2D eigenvalue weighted by molar-refractivity contribution is 0.671. The zero-order valence-electron chi connectivity index (χ0n) is 10.8. The molecule has 0 aliphatic rings. The smallest absolute Gasteiger partial charge is 0.129 e. The number of unbranched alkanes of at least 4 members (excludes halogenated alkanes) is 2. The van der Waals surface area contributed by atoms with Crippen LogP contribution in [0.3, 0.4) is 0 Å². The average molecular weight is 231 g/mol. The standard InChI is InChI=1S/C14H21N3/c1-3-5-9-17(10-6-4-2)14-11-13(12-15)7-8-16-14/h7-8,11H,3-6,9-10H2,1-2H3. The second-order valence-corrected chi connectivity index (χ2v) is 4.21. The Bertz CT molecular complexity index is 360. The van der Waals surface area contributed by atoms with Crippen LogP contribution >= 0.6 is 0 Å². The molecule has 0 aromatic carbocycles. The summed E-state index contributed by atoms with van der Waals surface area (Å²) in [5.41, 5.74) is 0.688. The maximum atomic E-state index is 8.90. The molecule has 0 aliphatic heterocycles. The van der Waals surface area contributed by atoms with E-state index in [1.54, 1.807) is 12.3 Å². The van der Waals surface area contributed by atoms with Crippen LogP contribution in [-0.2, 0) is 0 Å². The monoisotopic (exact) mass is 231 g/mol. The first kappa shape index (κ1) is 13.5. The lowest BCUT2D eigenvalue weighted by Gasteiger charge is -2.23. The number of anilines is 1. The maximum Gasteiger partial charge on any atom is 0.129 e. The van der Waals surface area contributed by atoms with Crippen molar-refractivity contribution < 1.29 is 0 Å². The highest BCUT2D eigenvalue weighted by atomic mass is 15.2. The highest BCUT2D eigenvalue weighted by Gasteiger charge is 2.07. The van der Waals surface area contributed by atoms with Gasteiger partial charge in [0.1, 0.15) is 5.82 Å². The Kier molecular flexibility index (Phi) is 6.09. The summed E-state index contributed by atoms with van der Waals surface area (Å²) in [4.78, 5) is 6.65. The number of pyridine rings is 1. The zero-order chi connectivity index (χ0) is 12.5. The Balaban J connectivity index is 2.75. The van der Waals surface area contributed by atoms with Crippen molar-refractivity contribution in [2.45, 2.75) is 39.5 Å². The van der Waals surface area contributed by atoms with Crippen molar-refractivity contribution in [2.75, 3.05) is 18.0 Å². The Morgan fingerprint density at radius 1 is 1.24 bits per heavy atom. The molecule has 0 atom stereocenters. The summed E-state index contributed by atoms with van der Waals surface area (Å²) in [5, 5.41) is 8.90. The normalized spacial score (nSPS) is 9.94. The summed E-state index contributed by atoms with van der Waals surface area (Å²) >= 11 is 0. The van der Waals surface area contributed by atoms with E-state index in [1.807, 2.05) is 6.07 Å². The predicted molar refractivity (Wildman–Crippen MR) is 71.0 cm³/mol. The van der Waals surface area contributed by atoms with Gasteiger partial charge < -0.3 is 4.90 Å². The quantitative estimate of drug-likeness (QED) is 0.722. The largest absolute Gasteiger partial charge is 0.357 e. The molecular weight excluding hydrogens is 210 g/mol. The van der Waals surface area contributed by atoms with Crippen molar-refractivity contribution in [3.05, 3.63) is 23.9 Å². The molecular formula is C14H21N3. The summed E-state index contributed by atoms with van der Waals surface area (Å²) in [6, 6.07) is 5.80. The fourth-order valence-electron chi connectivity index (χ4n) is 1.70. The maximum absolute atomic E-state index is 8.90. The van der Waals surface area contributed by atoms with Crippen molar-refractivity contribution in [3.63, 3.8) is 0 Å². The number of nitrogens with zero attached hydrogens (tertiary/aromatic N) is 3. The third kappa shape index (κ3) is 4.44. The van der Waals surface area contributed by atoms with E-state index in [0.717, 1.165) is 18.9 Å². The van der Waals surface area contributed by atoms with E-state index in [4.69, 9.17) is 5.26 Å². The molecule has 1 aromatic rings. The van der Waals surface area contributed by atoms with Crippen molar-refractivity contribution in [3.8, 4) is 6.07 Å². The van der Waals surface area contributed by atoms with E-state index < -0.39 is 0 Å². The molecule has 0 spiro atoms. The van der Waals surface area contributed by atoms with E-state index in [9.17, 15) is 0 Å². The third-order valence-electron chi connectivity index (χ3n) is 2.76. The van der Waals surface area contributed by atoms with Crippen LogP contribution in [-0.4, -0.2) is 18.1 Å². The van der Waals surface area contributed by atoms with Crippen LogP contribution < -0.4 is 4.90 Å². The molecule has 0 saturated carbocycles. The predicted octanol–water partition coefficient (Wildman–Crippen LogP) is 3.36. The van der Waals surface area contributed by atoms with Gasteiger partial charge in [0.2, 0.25) is 0 Å². The molecule has 3 nitrogen and oxygen atoms in total. The SMILES string of the molecule is CCCCN(CCCC)c1cc(C#N)ccn1. The molecule has 0 radical (unpaired) electrons. The molecule has 92 valence electrons. The van der Waals surface area contributed by atoms with E-state index in [2.05, 4.69) is 29.8 Å². The highest BCUT2D eigenvalue weighted by Crippen LogP contribution is 2.14. The van der Waals surface area contributed by atoms with Gasteiger partial charge >= 0.3 is 0 Å². The molecule has 3 heteroatoms. The molecule has 17 heavy (non-hydrogen) atoms. The van der Waals surface area contributed by atoms with E-state index in [0.29, 0.717) is 5.56 Å². The fraction of sp³-hybridized carbons (Fsp3) is 0.571. The van der Waals surface area contributed by atoms with E-state index in [-0.39, 0.29) is 0 Å². The van der Waals surface area contributed by atoms with Crippen LogP contribution in [0.25, 0.3) is 0 Å². The Morgan fingerprint density at radius 3 is 2.41 bits per heavy atom. The van der Waals surface area contributed by atoms with Crippen LogP contribution in [0.15, 0.2) is 18.3 Å². The van der Waals surface area contributed by atoms with Crippen LogP contribution in [0.4, 0.5) is 5.82 Å². The van der Waals surface area contributed by atoms with Gasteiger partial charge in [0, 0.05) is 19.3 Å². The van der Waals surface area contributed by atoms with Gasteiger partial charge in [-0.1, -0.05) is 26.7 Å². The third-order valence-corrected chi connectivity index (χ3v) is 2.76. The van der Waals surface area contributed by atoms with E-state index >= 15 is 0 Å². The number of aromatic nitrogens is 1. The molecule has 1 rings (SSSR count). The van der Waals surface area contributed by atoms with Crippen LogP contribution in [0.5, 0.6) is 0 Å². The first-order chi connectivity index (χ1) is 8.31. The molecule has 0 bridgehead atoms. The van der Waals surface area contributed by atoms with Crippen molar-refractivity contribution in [1.82, 2.24) is 4.98 Å². The lowest BCUT2D eigenvalue weighted by atomic mass is 10.2. The topological polar surface area (TPSA) is 39.9 Å². The summed E-state index contributed by atoms with van der Waals surface area (Å²) in [6.07, 6.45) is 6.42. The number of hydrogen-bond donors (Lipinski definition) is 0. The second kappa shape index (κ2) is 7.67. The van der Waals surface area contributed by atoms with Crippen LogP contribution in [0.2, 0.25) is 0 Å². The minimum Gasteiger partial charge on any atom is -0.357 e.